The van der Waals surface area contributed by atoms with Gasteiger partial charge in [0.15, 0.2) is 5.82 Å². The van der Waals surface area contributed by atoms with Crippen LogP contribution in [-0.2, 0) is 0 Å². The molecule has 0 N–H and O–H groups in total. The number of rotatable bonds is 0. The maximum atomic E-state index is 13.3. The van der Waals surface area contributed by atoms with E-state index >= 15 is 0 Å². The van der Waals surface area contributed by atoms with Crippen molar-refractivity contribution >= 4 is 26.8 Å². The van der Waals surface area contributed by atoms with Crippen LogP contribution < -0.4 is 0 Å². The smallest absolute Gasteiger partial charge is 0.150 e. The Morgan fingerprint density at radius 2 is 2.08 bits per heavy atom. The molecule has 13 heavy (non-hydrogen) atoms. The summed E-state index contributed by atoms with van der Waals surface area (Å²) in [7, 11) is 0. The summed E-state index contributed by atoms with van der Waals surface area (Å²) in [5, 5.41) is 0.745. The molecule has 2 rings (SSSR count). The Hall–Kier alpha value is -1.03. The van der Waals surface area contributed by atoms with Gasteiger partial charge in [0.1, 0.15) is 11.8 Å². The third kappa shape index (κ3) is 1.42. The van der Waals surface area contributed by atoms with Gasteiger partial charge in [0.05, 0.1) is 0 Å². The van der Waals surface area contributed by atoms with Gasteiger partial charge in [-0.1, -0.05) is 15.9 Å². The molecule has 1 aromatic heterocycles. The minimum absolute atomic E-state index is 0.324. The van der Waals surface area contributed by atoms with Crippen LogP contribution in [-0.4, -0.2) is 9.97 Å². The van der Waals surface area contributed by atoms with Crippen LogP contribution in [0.3, 0.4) is 0 Å². The molecule has 0 amide bonds. The first-order valence-electron chi connectivity index (χ1n) is 3.75. The minimum atomic E-state index is -0.324. The van der Waals surface area contributed by atoms with E-state index in [2.05, 4.69) is 25.9 Å². The van der Waals surface area contributed by atoms with Gasteiger partial charge in [-0.3, -0.25) is 0 Å². The molecule has 4 heteroatoms. The average Bonchev–Trinajstić information content (AvgIpc) is 2.07. The number of fused-ring (bicyclic) bond motifs is 1. The lowest BCUT2D eigenvalue weighted by Gasteiger charge is -2.01. The molecule has 0 spiro atoms. The molecule has 0 aliphatic rings. The summed E-state index contributed by atoms with van der Waals surface area (Å²) in [6, 6.07) is 3.21. The Labute approximate surface area is 83.0 Å². The summed E-state index contributed by atoms with van der Waals surface area (Å²) in [6.45, 7) is 1.83. The van der Waals surface area contributed by atoms with Gasteiger partial charge in [-0.25, -0.2) is 14.4 Å². The second kappa shape index (κ2) is 3.03. The topological polar surface area (TPSA) is 25.8 Å². The van der Waals surface area contributed by atoms with Crippen LogP contribution in [0.25, 0.3) is 10.9 Å². The predicted octanol–water partition coefficient (Wildman–Crippen LogP) is 2.84. The van der Waals surface area contributed by atoms with Crippen molar-refractivity contribution in [3.05, 3.63) is 34.4 Å². The molecule has 0 radical (unpaired) electrons. The van der Waals surface area contributed by atoms with Gasteiger partial charge in [-0.05, 0) is 19.1 Å². The standard InChI is InChI=1S/C9H6BrFN2/c1-5-7-2-6(10)3-8(11)9(7)13-4-12-5/h2-4H,1H3. The molecule has 0 bridgehead atoms. The molecule has 0 fully saturated rings. The monoisotopic (exact) mass is 240 g/mol. The number of benzene rings is 1. The Kier molecular flexibility index (Phi) is 2.00. The fraction of sp³-hybridized carbons (Fsp3) is 0.111. The van der Waals surface area contributed by atoms with Crippen LogP contribution in [0.5, 0.6) is 0 Å². The lowest BCUT2D eigenvalue weighted by molar-refractivity contribution is 0.635. The van der Waals surface area contributed by atoms with Gasteiger partial charge < -0.3 is 0 Å². The molecule has 0 aliphatic carbocycles. The van der Waals surface area contributed by atoms with Crippen molar-refractivity contribution < 1.29 is 4.39 Å². The van der Waals surface area contributed by atoms with Gasteiger partial charge >= 0.3 is 0 Å². The quantitative estimate of drug-likeness (QED) is 0.708. The Bertz CT molecular complexity index is 470. The van der Waals surface area contributed by atoms with Gasteiger partial charge in [0.25, 0.3) is 0 Å². The predicted molar refractivity (Wildman–Crippen MR) is 51.9 cm³/mol. The Morgan fingerprint density at radius 1 is 1.31 bits per heavy atom. The second-order valence-electron chi connectivity index (χ2n) is 2.74. The summed E-state index contributed by atoms with van der Waals surface area (Å²) >= 11 is 3.22. The van der Waals surface area contributed by atoms with E-state index < -0.39 is 0 Å². The second-order valence-corrected chi connectivity index (χ2v) is 3.66. The summed E-state index contributed by atoms with van der Waals surface area (Å²) in [5.74, 6) is -0.324. The molecular formula is C9H6BrFN2. The number of aryl methyl sites for hydroxylation is 1. The highest BCUT2D eigenvalue weighted by atomic mass is 79.9. The summed E-state index contributed by atoms with van der Waals surface area (Å²) in [4.78, 5) is 7.87. The van der Waals surface area contributed by atoms with E-state index in [1.54, 1.807) is 0 Å². The first kappa shape index (κ1) is 8.56. The SMILES string of the molecule is Cc1ncnc2c(F)cc(Br)cc12. The summed E-state index contributed by atoms with van der Waals surface area (Å²) in [5.41, 5.74) is 1.15. The van der Waals surface area contributed by atoms with Crippen LogP contribution in [0.1, 0.15) is 5.69 Å². The third-order valence-corrected chi connectivity index (χ3v) is 2.31. The largest absolute Gasteiger partial charge is 0.241 e. The van der Waals surface area contributed by atoms with Crippen LogP contribution in [0.2, 0.25) is 0 Å². The summed E-state index contributed by atoms with van der Waals surface area (Å²) in [6.07, 6.45) is 1.37. The van der Waals surface area contributed by atoms with Gasteiger partial charge in [0, 0.05) is 15.6 Å². The van der Waals surface area contributed by atoms with Gasteiger partial charge in [-0.15, -0.1) is 0 Å². The van der Waals surface area contributed by atoms with Crippen molar-refractivity contribution in [1.29, 1.82) is 0 Å². The first-order chi connectivity index (χ1) is 6.18. The lowest BCUT2D eigenvalue weighted by Crippen LogP contribution is -1.90. The zero-order valence-electron chi connectivity index (χ0n) is 6.88. The van der Waals surface area contributed by atoms with E-state index in [0.29, 0.717) is 9.99 Å². The average molecular weight is 241 g/mol. The van der Waals surface area contributed by atoms with Crippen molar-refractivity contribution in [3.63, 3.8) is 0 Å². The van der Waals surface area contributed by atoms with E-state index in [4.69, 9.17) is 0 Å². The zero-order chi connectivity index (χ0) is 9.42. The lowest BCUT2D eigenvalue weighted by atomic mass is 10.2. The van der Waals surface area contributed by atoms with Gasteiger partial charge in [-0.2, -0.15) is 0 Å². The molecule has 1 heterocycles. The van der Waals surface area contributed by atoms with Crippen LogP contribution in [0.15, 0.2) is 22.9 Å². The van der Waals surface area contributed by atoms with Crippen LogP contribution in [0.4, 0.5) is 4.39 Å². The Morgan fingerprint density at radius 3 is 2.85 bits per heavy atom. The van der Waals surface area contributed by atoms with E-state index in [1.165, 1.54) is 12.4 Å². The molecule has 0 saturated heterocycles. The van der Waals surface area contributed by atoms with E-state index in [1.807, 2.05) is 13.0 Å². The van der Waals surface area contributed by atoms with Crippen molar-refractivity contribution in [1.82, 2.24) is 9.97 Å². The molecular weight excluding hydrogens is 235 g/mol. The summed E-state index contributed by atoms with van der Waals surface area (Å²) < 4.78 is 14.0. The fourth-order valence-corrected chi connectivity index (χ4v) is 1.65. The molecule has 2 aromatic rings. The third-order valence-electron chi connectivity index (χ3n) is 1.86. The molecule has 0 aliphatic heterocycles. The number of aromatic nitrogens is 2. The zero-order valence-corrected chi connectivity index (χ0v) is 8.47. The molecule has 0 atom stereocenters. The van der Waals surface area contributed by atoms with E-state index in [9.17, 15) is 4.39 Å². The van der Waals surface area contributed by atoms with Crippen LogP contribution >= 0.6 is 15.9 Å². The highest BCUT2D eigenvalue weighted by Crippen LogP contribution is 2.22. The van der Waals surface area contributed by atoms with Gasteiger partial charge in [0.2, 0.25) is 0 Å². The highest BCUT2D eigenvalue weighted by Gasteiger charge is 2.05. The normalized spacial score (nSPS) is 10.7. The first-order valence-corrected chi connectivity index (χ1v) is 4.54. The highest BCUT2D eigenvalue weighted by molar-refractivity contribution is 9.10. The number of hydrogen-bond acceptors (Lipinski definition) is 2. The molecule has 66 valence electrons. The van der Waals surface area contributed by atoms with Crippen molar-refractivity contribution in [3.8, 4) is 0 Å². The molecule has 2 nitrogen and oxygen atoms in total. The number of hydrogen-bond donors (Lipinski definition) is 0. The van der Waals surface area contributed by atoms with E-state index in [-0.39, 0.29) is 5.82 Å². The fourth-order valence-electron chi connectivity index (χ4n) is 1.22. The van der Waals surface area contributed by atoms with E-state index in [0.717, 1.165) is 11.1 Å². The maximum absolute atomic E-state index is 13.3. The number of nitrogens with zero attached hydrogens (tertiary/aromatic N) is 2. The Balaban J connectivity index is 2.94. The van der Waals surface area contributed by atoms with Crippen LogP contribution in [0, 0.1) is 12.7 Å². The van der Waals surface area contributed by atoms with Crippen molar-refractivity contribution in [2.24, 2.45) is 0 Å². The maximum Gasteiger partial charge on any atom is 0.150 e. The number of halogens is 2. The van der Waals surface area contributed by atoms with Crippen molar-refractivity contribution in [2.45, 2.75) is 6.92 Å². The minimum Gasteiger partial charge on any atom is -0.241 e. The molecule has 0 saturated carbocycles. The molecule has 1 aromatic carbocycles. The van der Waals surface area contributed by atoms with Crippen molar-refractivity contribution in [2.75, 3.05) is 0 Å². The molecule has 0 unspecified atom stereocenters.